The summed E-state index contributed by atoms with van der Waals surface area (Å²) >= 11 is 0. The van der Waals surface area contributed by atoms with Gasteiger partial charge in [-0.15, -0.1) is 0 Å². The summed E-state index contributed by atoms with van der Waals surface area (Å²) in [5.74, 6) is -0.273. The summed E-state index contributed by atoms with van der Waals surface area (Å²) in [5, 5.41) is 9.21. The number of carbonyl (C=O) groups is 1. The minimum Gasteiger partial charge on any atom is -0.492 e. The van der Waals surface area contributed by atoms with Crippen molar-refractivity contribution >= 4 is 11.5 Å². The van der Waals surface area contributed by atoms with Gasteiger partial charge in [0.25, 0.3) is 0 Å². The Morgan fingerprint density at radius 3 is 2.32 bits per heavy atom. The van der Waals surface area contributed by atoms with E-state index in [1.165, 1.54) is 12.1 Å². The molecule has 0 aromatic heterocycles. The van der Waals surface area contributed by atoms with Crippen molar-refractivity contribution in [1.82, 2.24) is 4.90 Å². The molecule has 2 aromatic rings. The van der Waals surface area contributed by atoms with E-state index in [2.05, 4.69) is 17.9 Å². The number of aliphatic carboxylic acids is 1. The molecule has 1 aliphatic rings. The van der Waals surface area contributed by atoms with Crippen molar-refractivity contribution in [2.75, 3.05) is 26.3 Å². The number of hydrogen-bond donors (Lipinski definition) is 1. The highest BCUT2D eigenvalue weighted by Gasteiger charge is 2.30. The van der Waals surface area contributed by atoms with Crippen LogP contribution in [0.25, 0.3) is 5.57 Å². The summed E-state index contributed by atoms with van der Waals surface area (Å²) in [6, 6.07) is 12.8. The number of alkyl halides is 3. The smallest absolute Gasteiger partial charge is 0.416 e. The molecule has 1 aliphatic heterocycles. The zero-order valence-electron chi connectivity index (χ0n) is 19.3. The van der Waals surface area contributed by atoms with Gasteiger partial charge < -0.3 is 14.6 Å². The Hall–Kier alpha value is -2.84. The molecular formula is C26H30F3NO4. The zero-order chi connectivity index (χ0) is 24.7. The lowest BCUT2D eigenvalue weighted by Gasteiger charge is -2.31. The van der Waals surface area contributed by atoms with E-state index in [9.17, 15) is 23.1 Å². The molecule has 0 saturated carbocycles. The molecule has 3 rings (SSSR count). The van der Waals surface area contributed by atoms with Crippen LogP contribution in [0.5, 0.6) is 5.75 Å². The van der Waals surface area contributed by atoms with Crippen LogP contribution >= 0.6 is 0 Å². The van der Waals surface area contributed by atoms with E-state index >= 15 is 0 Å². The second-order valence-corrected chi connectivity index (χ2v) is 8.34. The maximum absolute atomic E-state index is 12.8. The maximum Gasteiger partial charge on any atom is 0.416 e. The van der Waals surface area contributed by atoms with Crippen LogP contribution in [-0.4, -0.2) is 54.4 Å². The van der Waals surface area contributed by atoms with Crippen molar-refractivity contribution < 1.29 is 32.5 Å². The number of carboxylic acid groups (broad SMARTS) is 1. The third-order valence-electron chi connectivity index (χ3n) is 5.93. The normalized spacial score (nSPS) is 16.6. The molecule has 34 heavy (non-hydrogen) atoms. The van der Waals surface area contributed by atoms with Crippen molar-refractivity contribution in [2.24, 2.45) is 0 Å². The maximum atomic E-state index is 12.8. The van der Waals surface area contributed by atoms with Gasteiger partial charge in [0, 0.05) is 32.2 Å². The Kier molecular flexibility index (Phi) is 8.74. The van der Waals surface area contributed by atoms with Crippen molar-refractivity contribution in [2.45, 2.75) is 45.0 Å². The van der Waals surface area contributed by atoms with Gasteiger partial charge in [-0.1, -0.05) is 30.3 Å². The van der Waals surface area contributed by atoms with Gasteiger partial charge in [0.2, 0.25) is 0 Å². The van der Waals surface area contributed by atoms with E-state index in [4.69, 9.17) is 9.47 Å². The quantitative estimate of drug-likeness (QED) is 0.504. The topological polar surface area (TPSA) is 59.0 Å². The highest BCUT2D eigenvalue weighted by molar-refractivity contribution is 5.72. The summed E-state index contributed by atoms with van der Waals surface area (Å²) in [5.41, 5.74) is 2.11. The minimum atomic E-state index is -4.32. The predicted octanol–water partition coefficient (Wildman–Crippen LogP) is 5.29. The molecule has 0 aliphatic carbocycles. The molecular weight excluding hydrogens is 447 g/mol. The van der Waals surface area contributed by atoms with Crippen LogP contribution in [-0.2, 0) is 22.1 Å². The molecule has 0 radical (unpaired) electrons. The van der Waals surface area contributed by atoms with Gasteiger partial charge in [0.15, 0.2) is 6.10 Å². The van der Waals surface area contributed by atoms with Gasteiger partial charge >= 0.3 is 12.1 Å². The molecule has 2 atom stereocenters. The number of hydrogen-bond acceptors (Lipinski definition) is 4. The first-order valence-corrected chi connectivity index (χ1v) is 11.3. The monoisotopic (exact) mass is 477 g/mol. The average molecular weight is 478 g/mol. The second kappa shape index (κ2) is 11.5. The first-order chi connectivity index (χ1) is 16.2. The zero-order valence-corrected chi connectivity index (χ0v) is 19.3. The highest BCUT2D eigenvalue weighted by Crippen LogP contribution is 2.31. The number of rotatable bonds is 10. The number of nitrogens with zero attached hydrogens (tertiary/aromatic N) is 1. The standard InChI is InChI=1S/C26H30F3NO4/c1-3-33-24(25(31)32)16-19-4-10-23(11-5-19)34-17-18(2)30-14-12-21(13-15-30)20-6-8-22(9-7-20)26(27,28)29/h4-12,18,24H,3,13-17H2,1-2H3,(H,31,32). The number of ether oxygens (including phenoxy) is 2. The van der Waals surface area contributed by atoms with Crippen LogP contribution in [0, 0.1) is 0 Å². The summed E-state index contributed by atoms with van der Waals surface area (Å²) in [7, 11) is 0. The lowest BCUT2D eigenvalue weighted by molar-refractivity contribution is -0.150. The highest BCUT2D eigenvalue weighted by atomic mass is 19.4. The Morgan fingerprint density at radius 2 is 1.79 bits per heavy atom. The van der Waals surface area contributed by atoms with Gasteiger partial charge in [-0.3, -0.25) is 4.90 Å². The van der Waals surface area contributed by atoms with Crippen LogP contribution in [0.3, 0.4) is 0 Å². The number of carboxylic acids is 1. The molecule has 0 saturated heterocycles. The van der Waals surface area contributed by atoms with Gasteiger partial charge in [-0.2, -0.15) is 13.2 Å². The number of benzene rings is 2. The van der Waals surface area contributed by atoms with E-state index in [-0.39, 0.29) is 6.04 Å². The van der Waals surface area contributed by atoms with Crippen LogP contribution in [0.4, 0.5) is 13.2 Å². The van der Waals surface area contributed by atoms with Gasteiger partial charge in [-0.05, 0) is 61.2 Å². The molecule has 2 unspecified atom stereocenters. The summed E-state index contributed by atoms with van der Waals surface area (Å²) in [6.07, 6.45) is -2.07. The van der Waals surface area contributed by atoms with Gasteiger partial charge in [-0.25, -0.2) is 4.79 Å². The average Bonchev–Trinajstić information content (AvgIpc) is 2.82. The van der Waals surface area contributed by atoms with Crippen LogP contribution < -0.4 is 4.74 Å². The van der Waals surface area contributed by atoms with Crippen molar-refractivity contribution in [3.05, 3.63) is 71.3 Å². The first kappa shape index (κ1) is 25.8. The molecule has 8 heteroatoms. The predicted molar refractivity (Wildman–Crippen MR) is 124 cm³/mol. The largest absolute Gasteiger partial charge is 0.492 e. The van der Waals surface area contributed by atoms with E-state index in [0.717, 1.165) is 41.8 Å². The fraction of sp³-hybridized carbons (Fsp3) is 0.423. The fourth-order valence-corrected chi connectivity index (χ4v) is 3.90. The number of halogens is 3. The molecule has 1 heterocycles. The third kappa shape index (κ3) is 7.08. The van der Waals surface area contributed by atoms with E-state index < -0.39 is 23.8 Å². The molecule has 0 fully saturated rings. The fourth-order valence-electron chi connectivity index (χ4n) is 3.90. The van der Waals surface area contributed by atoms with E-state index in [1.54, 1.807) is 6.92 Å². The minimum absolute atomic E-state index is 0.152. The Morgan fingerprint density at radius 1 is 1.12 bits per heavy atom. The van der Waals surface area contributed by atoms with Gasteiger partial charge in [0.05, 0.1) is 5.56 Å². The third-order valence-corrected chi connectivity index (χ3v) is 5.93. The van der Waals surface area contributed by atoms with Crippen LogP contribution in [0.1, 0.15) is 37.0 Å². The lowest BCUT2D eigenvalue weighted by atomic mass is 9.97. The van der Waals surface area contributed by atoms with Crippen LogP contribution in [0.2, 0.25) is 0 Å². The Bertz CT molecular complexity index is 971. The van der Waals surface area contributed by atoms with Crippen LogP contribution in [0.15, 0.2) is 54.6 Å². The van der Waals surface area contributed by atoms with E-state index in [1.807, 2.05) is 24.3 Å². The summed E-state index contributed by atoms with van der Waals surface area (Å²) in [4.78, 5) is 13.5. The first-order valence-electron chi connectivity index (χ1n) is 11.3. The van der Waals surface area contributed by atoms with Crippen molar-refractivity contribution in [1.29, 1.82) is 0 Å². The van der Waals surface area contributed by atoms with Crippen molar-refractivity contribution in [3.63, 3.8) is 0 Å². The van der Waals surface area contributed by atoms with E-state index in [0.29, 0.717) is 31.9 Å². The SMILES string of the molecule is CCOC(Cc1ccc(OCC(C)N2CC=C(c3ccc(C(F)(F)F)cc3)CC2)cc1)C(=O)O. The summed E-state index contributed by atoms with van der Waals surface area (Å²) in [6.45, 7) is 6.16. The molecule has 5 nitrogen and oxygen atoms in total. The van der Waals surface area contributed by atoms with Crippen molar-refractivity contribution in [3.8, 4) is 5.75 Å². The molecule has 184 valence electrons. The lowest BCUT2D eigenvalue weighted by Crippen LogP contribution is -2.40. The molecule has 2 aromatic carbocycles. The molecule has 0 amide bonds. The summed E-state index contributed by atoms with van der Waals surface area (Å²) < 4.78 is 49.5. The molecule has 0 spiro atoms. The van der Waals surface area contributed by atoms with Gasteiger partial charge in [0.1, 0.15) is 12.4 Å². The Balaban J connectivity index is 1.49. The molecule has 1 N–H and O–H groups in total. The second-order valence-electron chi connectivity index (χ2n) is 8.34. The Labute approximate surface area is 197 Å². The molecule has 0 bridgehead atoms.